The largest absolute Gasteiger partial charge is 0.504 e. The van der Waals surface area contributed by atoms with Crippen LogP contribution in [-0.2, 0) is 6.54 Å². The Balaban J connectivity index is 2.17. The fourth-order valence-electron chi connectivity index (χ4n) is 1.67. The number of hydrogen-bond acceptors (Lipinski definition) is 5. The zero-order valence-electron chi connectivity index (χ0n) is 10.3. The van der Waals surface area contributed by atoms with Gasteiger partial charge in [-0.3, -0.25) is 0 Å². The molecule has 2 aromatic rings. The van der Waals surface area contributed by atoms with Crippen LogP contribution in [0.5, 0.6) is 17.2 Å². The average Bonchev–Trinajstić information content (AvgIpc) is 2.45. The van der Waals surface area contributed by atoms with Crippen LogP contribution < -0.4 is 5.32 Å². The van der Waals surface area contributed by atoms with E-state index in [-0.39, 0.29) is 12.1 Å². The first-order valence-electron chi connectivity index (χ1n) is 5.69. The van der Waals surface area contributed by atoms with E-state index in [9.17, 15) is 19.7 Å². The van der Waals surface area contributed by atoms with Crippen LogP contribution in [0.2, 0.25) is 0 Å². The van der Waals surface area contributed by atoms with Gasteiger partial charge in [0.25, 0.3) is 0 Å². The maximum Gasteiger partial charge on any atom is 0.200 e. The molecule has 0 radical (unpaired) electrons. The van der Waals surface area contributed by atoms with E-state index in [1.54, 1.807) is 6.07 Å². The molecule has 0 saturated carbocycles. The number of benzene rings is 2. The second kappa shape index (κ2) is 5.36. The molecule has 0 aliphatic rings. The lowest BCUT2D eigenvalue weighted by Gasteiger charge is -2.10. The van der Waals surface area contributed by atoms with E-state index >= 15 is 0 Å². The minimum absolute atomic E-state index is 0.0900. The number of anilines is 1. The quantitative estimate of drug-likeness (QED) is 0.644. The van der Waals surface area contributed by atoms with Crippen molar-refractivity contribution in [3.8, 4) is 23.3 Å². The number of nitrogens with zero attached hydrogens (tertiary/aromatic N) is 1. The molecule has 0 unspecified atom stereocenters. The number of halogens is 1. The van der Waals surface area contributed by atoms with Crippen molar-refractivity contribution in [3.05, 3.63) is 47.3 Å². The third-order valence-corrected chi connectivity index (χ3v) is 2.78. The highest BCUT2D eigenvalue weighted by molar-refractivity contribution is 5.55. The van der Waals surface area contributed by atoms with E-state index in [0.717, 1.165) is 6.07 Å². The van der Waals surface area contributed by atoms with E-state index < -0.39 is 23.1 Å². The van der Waals surface area contributed by atoms with Crippen LogP contribution in [0.1, 0.15) is 11.1 Å². The van der Waals surface area contributed by atoms with Crippen LogP contribution >= 0.6 is 0 Å². The number of aromatic hydroxyl groups is 3. The highest BCUT2D eigenvalue weighted by atomic mass is 19.1. The molecule has 0 aliphatic heterocycles. The normalized spacial score (nSPS) is 10.0. The van der Waals surface area contributed by atoms with Crippen molar-refractivity contribution in [3.63, 3.8) is 0 Å². The predicted molar refractivity (Wildman–Crippen MR) is 69.9 cm³/mol. The van der Waals surface area contributed by atoms with Crippen LogP contribution in [0.3, 0.4) is 0 Å². The van der Waals surface area contributed by atoms with E-state index in [1.165, 1.54) is 24.3 Å². The molecule has 0 heterocycles. The lowest BCUT2D eigenvalue weighted by molar-refractivity contribution is 0.365. The predicted octanol–water partition coefficient (Wildman–Crippen LogP) is 2.43. The Labute approximate surface area is 114 Å². The molecule has 20 heavy (non-hydrogen) atoms. The number of rotatable bonds is 3. The Morgan fingerprint density at radius 3 is 2.55 bits per heavy atom. The first-order chi connectivity index (χ1) is 9.52. The summed E-state index contributed by atoms with van der Waals surface area (Å²) in [5.41, 5.74) is 0.755. The molecular formula is C14H11FN2O3. The Kier molecular flexibility index (Phi) is 3.62. The molecule has 0 bridgehead atoms. The van der Waals surface area contributed by atoms with Crippen molar-refractivity contribution in [2.45, 2.75) is 6.54 Å². The molecule has 2 rings (SSSR count). The maximum absolute atomic E-state index is 13.1. The van der Waals surface area contributed by atoms with E-state index in [1.807, 2.05) is 0 Å². The van der Waals surface area contributed by atoms with Gasteiger partial charge in [0.1, 0.15) is 11.9 Å². The minimum atomic E-state index is -0.608. The first-order valence-corrected chi connectivity index (χ1v) is 5.69. The van der Waals surface area contributed by atoms with Gasteiger partial charge in [-0.15, -0.1) is 0 Å². The van der Waals surface area contributed by atoms with Gasteiger partial charge in [-0.2, -0.15) is 5.26 Å². The van der Waals surface area contributed by atoms with Crippen molar-refractivity contribution < 1.29 is 19.7 Å². The number of nitriles is 1. The molecule has 0 saturated heterocycles. The number of hydrogen-bond donors (Lipinski definition) is 4. The second-order valence-electron chi connectivity index (χ2n) is 4.10. The molecule has 4 N–H and O–H groups in total. The topological polar surface area (TPSA) is 96.5 Å². The second-order valence-corrected chi connectivity index (χ2v) is 4.10. The van der Waals surface area contributed by atoms with Crippen molar-refractivity contribution in [2.75, 3.05) is 5.32 Å². The van der Waals surface area contributed by atoms with Gasteiger partial charge in [0.05, 0.1) is 5.56 Å². The van der Waals surface area contributed by atoms with Gasteiger partial charge in [0, 0.05) is 17.8 Å². The number of phenols is 3. The van der Waals surface area contributed by atoms with E-state index in [4.69, 9.17) is 5.26 Å². The van der Waals surface area contributed by atoms with Gasteiger partial charge in [0.2, 0.25) is 5.75 Å². The summed E-state index contributed by atoms with van der Waals surface area (Å²) >= 11 is 0. The third-order valence-electron chi connectivity index (χ3n) is 2.78. The summed E-state index contributed by atoms with van der Waals surface area (Å²) in [5.74, 6) is -2.05. The van der Waals surface area contributed by atoms with Crippen LogP contribution in [0.4, 0.5) is 10.1 Å². The summed E-state index contributed by atoms with van der Waals surface area (Å²) < 4.78 is 13.1. The average molecular weight is 274 g/mol. The summed E-state index contributed by atoms with van der Waals surface area (Å²) in [6.07, 6.45) is 0. The highest BCUT2D eigenvalue weighted by Crippen LogP contribution is 2.37. The standard InChI is InChI=1S/C14H11FN2O3/c15-11-3-2-10(5-9(11)6-16)17-7-8-1-4-12(18)14(20)13(8)19/h1-5,17-20H,7H2. The third kappa shape index (κ3) is 2.57. The maximum atomic E-state index is 13.1. The van der Waals surface area contributed by atoms with Gasteiger partial charge in [-0.05, 0) is 30.3 Å². The smallest absolute Gasteiger partial charge is 0.200 e. The molecule has 6 heteroatoms. The Hall–Kier alpha value is -2.94. The fraction of sp³-hybridized carbons (Fsp3) is 0.0714. The van der Waals surface area contributed by atoms with Gasteiger partial charge >= 0.3 is 0 Å². The highest BCUT2D eigenvalue weighted by Gasteiger charge is 2.11. The molecular weight excluding hydrogens is 263 g/mol. The minimum Gasteiger partial charge on any atom is -0.504 e. The van der Waals surface area contributed by atoms with Crippen LogP contribution in [0.25, 0.3) is 0 Å². The van der Waals surface area contributed by atoms with Crippen molar-refractivity contribution in [1.29, 1.82) is 5.26 Å². The SMILES string of the molecule is N#Cc1cc(NCc2ccc(O)c(O)c2O)ccc1F. The van der Waals surface area contributed by atoms with Crippen molar-refractivity contribution in [1.82, 2.24) is 0 Å². The number of nitrogens with one attached hydrogen (secondary N) is 1. The molecule has 2 aromatic carbocycles. The number of phenolic OH excluding ortho intramolecular Hbond substituents is 3. The molecule has 0 amide bonds. The monoisotopic (exact) mass is 274 g/mol. The molecule has 0 aliphatic carbocycles. The Morgan fingerprint density at radius 2 is 1.85 bits per heavy atom. The van der Waals surface area contributed by atoms with Crippen molar-refractivity contribution >= 4 is 5.69 Å². The zero-order valence-corrected chi connectivity index (χ0v) is 10.3. The first kappa shape index (κ1) is 13.5. The molecule has 0 fully saturated rings. The van der Waals surface area contributed by atoms with Gasteiger partial charge in [-0.1, -0.05) is 0 Å². The fourth-order valence-corrected chi connectivity index (χ4v) is 1.67. The van der Waals surface area contributed by atoms with E-state index in [0.29, 0.717) is 11.3 Å². The molecule has 102 valence electrons. The zero-order chi connectivity index (χ0) is 14.7. The Bertz CT molecular complexity index is 696. The molecule has 0 spiro atoms. The van der Waals surface area contributed by atoms with Crippen LogP contribution in [-0.4, -0.2) is 15.3 Å². The summed E-state index contributed by atoms with van der Waals surface area (Å²) in [7, 11) is 0. The van der Waals surface area contributed by atoms with Gasteiger partial charge in [-0.25, -0.2) is 4.39 Å². The summed E-state index contributed by atoms with van der Waals surface area (Å²) in [6.45, 7) is 0.135. The van der Waals surface area contributed by atoms with Gasteiger partial charge < -0.3 is 20.6 Å². The summed E-state index contributed by atoms with van der Waals surface area (Å²) in [6, 6.07) is 8.36. The molecule has 0 atom stereocenters. The lowest BCUT2D eigenvalue weighted by atomic mass is 10.1. The van der Waals surface area contributed by atoms with Crippen LogP contribution in [0.15, 0.2) is 30.3 Å². The summed E-state index contributed by atoms with van der Waals surface area (Å²) in [4.78, 5) is 0. The van der Waals surface area contributed by atoms with E-state index in [2.05, 4.69) is 5.32 Å². The van der Waals surface area contributed by atoms with Crippen molar-refractivity contribution in [2.24, 2.45) is 0 Å². The molecule has 5 nitrogen and oxygen atoms in total. The van der Waals surface area contributed by atoms with Crippen LogP contribution in [0, 0.1) is 17.1 Å². The summed E-state index contributed by atoms with van der Waals surface area (Å²) in [5, 5.41) is 39.8. The lowest BCUT2D eigenvalue weighted by Crippen LogP contribution is -2.00. The molecule has 0 aromatic heterocycles. The van der Waals surface area contributed by atoms with Gasteiger partial charge in [0.15, 0.2) is 11.5 Å². The Morgan fingerprint density at radius 1 is 1.10 bits per heavy atom.